The number of nitrogens with one attached hydrogen (secondary N) is 1. The minimum absolute atomic E-state index is 0.509. The molecule has 0 spiro atoms. The summed E-state index contributed by atoms with van der Waals surface area (Å²) < 4.78 is 0. The van der Waals surface area contributed by atoms with Crippen molar-refractivity contribution in [3.8, 4) is 0 Å². The summed E-state index contributed by atoms with van der Waals surface area (Å²) >= 11 is 0. The topological polar surface area (TPSA) is 28.2 Å². The number of anilines is 1. The van der Waals surface area contributed by atoms with Crippen molar-refractivity contribution in [1.82, 2.24) is 10.3 Å². The zero-order valence-corrected chi connectivity index (χ0v) is 12.5. The van der Waals surface area contributed by atoms with Crippen molar-refractivity contribution in [1.29, 1.82) is 0 Å². The third-order valence-electron chi connectivity index (χ3n) is 3.64. The molecule has 0 unspecified atom stereocenters. The highest BCUT2D eigenvalue weighted by atomic mass is 15.2. The molecule has 0 saturated carbocycles. The Bertz CT molecular complexity index is 463. The maximum absolute atomic E-state index is 4.76. The first kappa shape index (κ1) is 14.1. The fourth-order valence-corrected chi connectivity index (χ4v) is 2.23. The molecule has 1 aliphatic heterocycles. The summed E-state index contributed by atoms with van der Waals surface area (Å²) in [5.74, 6) is 1.11. The predicted octanol–water partition coefficient (Wildman–Crippen LogP) is 3.04. The summed E-state index contributed by atoms with van der Waals surface area (Å²) in [5, 5.41) is 3.44. The van der Waals surface area contributed by atoms with E-state index in [1.165, 1.54) is 11.1 Å². The van der Waals surface area contributed by atoms with E-state index < -0.39 is 0 Å². The van der Waals surface area contributed by atoms with Gasteiger partial charge in [0.25, 0.3) is 0 Å². The molecular weight excluding hydrogens is 234 g/mol. The van der Waals surface area contributed by atoms with Gasteiger partial charge < -0.3 is 10.2 Å². The van der Waals surface area contributed by atoms with Crippen molar-refractivity contribution in [3.63, 3.8) is 0 Å². The van der Waals surface area contributed by atoms with Crippen LogP contribution in [0, 0.1) is 6.92 Å². The van der Waals surface area contributed by atoms with Crippen molar-refractivity contribution in [2.45, 2.75) is 46.7 Å². The first-order valence-electron chi connectivity index (χ1n) is 7.16. The molecule has 1 aliphatic rings. The summed E-state index contributed by atoms with van der Waals surface area (Å²) in [6.45, 7) is 11.6. The molecule has 2 rings (SSSR count). The van der Waals surface area contributed by atoms with Gasteiger partial charge in [0.2, 0.25) is 0 Å². The number of aryl methyl sites for hydroxylation is 1. The highest BCUT2D eigenvalue weighted by Gasteiger charge is 2.12. The van der Waals surface area contributed by atoms with Crippen molar-refractivity contribution in [2.24, 2.45) is 0 Å². The molecule has 0 amide bonds. The first-order valence-corrected chi connectivity index (χ1v) is 7.16. The van der Waals surface area contributed by atoms with Crippen LogP contribution in [0.25, 0.3) is 0 Å². The maximum atomic E-state index is 4.76. The largest absolute Gasteiger partial charge is 0.353 e. The SMILES string of the molecule is CC1=CCN(c2ccc(CNC(C)C)c(C)n2)CC1. The van der Waals surface area contributed by atoms with Gasteiger partial charge in [-0.2, -0.15) is 0 Å². The second-order valence-electron chi connectivity index (χ2n) is 5.70. The first-order chi connectivity index (χ1) is 9.06. The van der Waals surface area contributed by atoms with E-state index in [-0.39, 0.29) is 0 Å². The molecule has 1 aromatic rings. The smallest absolute Gasteiger partial charge is 0.129 e. The van der Waals surface area contributed by atoms with Gasteiger partial charge in [0.1, 0.15) is 5.82 Å². The predicted molar refractivity (Wildman–Crippen MR) is 81.5 cm³/mol. The molecular formula is C16H25N3. The standard InChI is InChI=1S/C16H25N3/c1-12(2)17-11-15-5-6-16(18-14(15)4)19-9-7-13(3)8-10-19/h5-7,12,17H,8-11H2,1-4H3. The van der Waals surface area contributed by atoms with Crippen LogP contribution in [0.15, 0.2) is 23.8 Å². The van der Waals surface area contributed by atoms with Gasteiger partial charge in [-0.3, -0.25) is 0 Å². The van der Waals surface area contributed by atoms with Crippen LogP contribution in [0.1, 0.15) is 38.4 Å². The van der Waals surface area contributed by atoms with Gasteiger partial charge in [-0.25, -0.2) is 4.98 Å². The number of aromatic nitrogens is 1. The second-order valence-corrected chi connectivity index (χ2v) is 5.70. The van der Waals surface area contributed by atoms with Gasteiger partial charge in [-0.1, -0.05) is 31.6 Å². The highest BCUT2D eigenvalue weighted by Crippen LogP contribution is 2.19. The van der Waals surface area contributed by atoms with Crippen molar-refractivity contribution >= 4 is 5.82 Å². The van der Waals surface area contributed by atoms with Gasteiger partial charge in [0.05, 0.1) is 0 Å². The third kappa shape index (κ3) is 3.80. The Morgan fingerprint density at radius 2 is 2.11 bits per heavy atom. The summed E-state index contributed by atoms with van der Waals surface area (Å²) in [6, 6.07) is 4.87. The summed E-state index contributed by atoms with van der Waals surface area (Å²) in [5.41, 5.74) is 3.92. The van der Waals surface area contributed by atoms with Gasteiger partial charge in [0, 0.05) is 31.4 Å². The van der Waals surface area contributed by atoms with Crippen molar-refractivity contribution in [2.75, 3.05) is 18.0 Å². The summed E-state index contributed by atoms with van der Waals surface area (Å²) in [6.07, 6.45) is 3.45. The summed E-state index contributed by atoms with van der Waals surface area (Å²) in [4.78, 5) is 7.10. The van der Waals surface area contributed by atoms with E-state index in [0.29, 0.717) is 6.04 Å². The second kappa shape index (κ2) is 6.20. The number of rotatable bonds is 4. The molecule has 0 fully saturated rings. The van der Waals surface area contributed by atoms with E-state index in [4.69, 9.17) is 4.98 Å². The molecule has 1 aromatic heterocycles. The molecule has 3 nitrogen and oxygen atoms in total. The quantitative estimate of drug-likeness (QED) is 0.842. The van der Waals surface area contributed by atoms with Crippen LogP contribution < -0.4 is 10.2 Å². The van der Waals surface area contributed by atoms with Crippen molar-refractivity contribution < 1.29 is 0 Å². The average molecular weight is 259 g/mol. The lowest BCUT2D eigenvalue weighted by Crippen LogP contribution is -2.29. The molecule has 0 aromatic carbocycles. The zero-order valence-electron chi connectivity index (χ0n) is 12.5. The van der Waals surface area contributed by atoms with Crippen LogP contribution in [0.2, 0.25) is 0 Å². The molecule has 0 bridgehead atoms. The van der Waals surface area contributed by atoms with Gasteiger partial charge >= 0.3 is 0 Å². The van der Waals surface area contributed by atoms with E-state index in [1.54, 1.807) is 0 Å². The average Bonchev–Trinajstić information content (AvgIpc) is 2.38. The fourth-order valence-electron chi connectivity index (χ4n) is 2.23. The number of hydrogen-bond acceptors (Lipinski definition) is 3. The Labute approximate surface area is 116 Å². The molecule has 3 heteroatoms. The van der Waals surface area contributed by atoms with E-state index in [2.05, 4.69) is 56.1 Å². The van der Waals surface area contributed by atoms with E-state index >= 15 is 0 Å². The van der Waals surface area contributed by atoms with Gasteiger partial charge in [0.15, 0.2) is 0 Å². The fraction of sp³-hybridized carbons (Fsp3) is 0.562. The monoisotopic (exact) mass is 259 g/mol. The van der Waals surface area contributed by atoms with Crippen molar-refractivity contribution in [3.05, 3.63) is 35.0 Å². The van der Waals surface area contributed by atoms with Crippen LogP contribution in [0.4, 0.5) is 5.82 Å². The molecule has 1 N–H and O–H groups in total. The molecule has 0 saturated heterocycles. The Balaban J connectivity index is 2.06. The van der Waals surface area contributed by atoms with Crippen LogP contribution >= 0.6 is 0 Å². The Kier molecular flexibility index (Phi) is 4.59. The number of nitrogens with zero attached hydrogens (tertiary/aromatic N) is 2. The van der Waals surface area contributed by atoms with Crippen LogP contribution in [-0.4, -0.2) is 24.1 Å². The molecule has 0 atom stereocenters. The Morgan fingerprint density at radius 1 is 1.32 bits per heavy atom. The van der Waals surface area contributed by atoms with Gasteiger partial charge in [-0.15, -0.1) is 0 Å². The minimum Gasteiger partial charge on any atom is -0.353 e. The Hall–Kier alpha value is -1.35. The minimum atomic E-state index is 0.509. The molecule has 2 heterocycles. The highest BCUT2D eigenvalue weighted by molar-refractivity contribution is 5.43. The lowest BCUT2D eigenvalue weighted by atomic mass is 10.1. The normalized spacial score (nSPS) is 15.8. The van der Waals surface area contributed by atoms with Gasteiger partial charge in [-0.05, 0) is 31.9 Å². The lowest BCUT2D eigenvalue weighted by Gasteiger charge is -2.27. The van der Waals surface area contributed by atoms with Crippen LogP contribution in [0.3, 0.4) is 0 Å². The molecule has 0 aliphatic carbocycles. The number of hydrogen-bond donors (Lipinski definition) is 1. The Morgan fingerprint density at radius 3 is 2.68 bits per heavy atom. The van der Waals surface area contributed by atoms with Crippen LogP contribution in [-0.2, 0) is 6.54 Å². The maximum Gasteiger partial charge on any atom is 0.129 e. The third-order valence-corrected chi connectivity index (χ3v) is 3.64. The van der Waals surface area contributed by atoms with E-state index in [9.17, 15) is 0 Å². The van der Waals surface area contributed by atoms with E-state index in [0.717, 1.165) is 37.6 Å². The van der Waals surface area contributed by atoms with Crippen LogP contribution in [0.5, 0.6) is 0 Å². The molecule has 104 valence electrons. The lowest BCUT2D eigenvalue weighted by molar-refractivity contribution is 0.586. The molecule has 19 heavy (non-hydrogen) atoms. The number of pyridine rings is 1. The molecule has 0 radical (unpaired) electrons. The van der Waals surface area contributed by atoms with E-state index in [1.807, 2.05) is 0 Å². The zero-order chi connectivity index (χ0) is 13.8. The summed E-state index contributed by atoms with van der Waals surface area (Å²) in [7, 11) is 0.